The fraction of sp³-hybridized carbons (Fsp3) is 1.00. The molecule has 1 N–H and O–H groups in total. The molecule has 82 valence electrons. The van der Waals surface area contributed by atoms with Crippen LogP contribution in [0.1, 0.15) is 38.5 Å². The van der Waals surface area contributed by atoms with Gasteiger partial charge in [-0.2, -0.15) is 0 Å². The number of rotatable bonds is 3. The number of hydrogen-bond acceptors (Lipinski definition) is 2. The minimum Gasteiger partial charge on any atom is -0.315 e. The molecule has 2 fully saturated rings. The third-order valence-electron chi connectivity index (χ3n) is 3.76. The Bertz CT molecular complexity index is 144. The summed E-state index contributed by atoms with van der Waals surface area (Å²) in [6, 6.07) is 0. The van der Waals surface area contributed by atoms with Gasteiger partial charge in [0, 0.05) is 13.1 Å². The topological polar surface area (TPSA) is 15.3 Å². The number of nitrogens with zero attached hydrogens (tertiary/aromatic N) is 1. The molecule has 1 saturated carbocycles. The summed E-state index contributed by atoms with van der Waals surface area (Å²) in [7, 11) is 0. The third-order valence-corrected chi connectivity index (χ3v) is 3.76. The zero-order chi connectivity index (χ0) is 9.64. The van der Waals surface area contributed by atoms with Crippen LogP contribution in [-0.2, 0) is 0 Å². The van der Waals surface area contributed by atoms with E-state index in [-0.39, 0.29) is 0 Å². The zero-order valence-electron chi connectivity index (χ0n) is 9.30. The normalized spacial score (nSPS) is 26.6. The quantitative estimate of drug-likeness (QED) is 0.741. The largest absolute Gasteiger partial charge is 0.315 e. The SMILES string of the molecule is C1CCC(CCN2CCCNCC2)C1. The van der Waals surface area contributed by atoms with E-state index in [1.54, 1.807) is 0 Å². The molecule has 2 heteroatoms. The van der Waals surface area contributed by atoms with Crippen molar-refractivity contribution >= 4 is 0 Å². The van der Waals surface area contributed by atoms with Gasteiger partial charge < -0.3 is 10.2 Å². The van der Waals surface area contributed by atoms with Gasteiger partial charge in [0.1, 0.15) is 0 Å². The summed E-state index contributed by atoms with van der Waals surface area (Å²) in [5.74, 6) is 1.06. The maximum absolute atomic E-state index is 3.46. The summed E-state index contributed by atoms with van der Waals surface area (Å²) in [4.78, 5) is 2.65. The van der Waals surface area contributed by atoms with E-state index in [0.717, 1.165) is 5.92 Å². The average Bonchev–Trinajstić information content (AvgIpc) is 2.58. The summed E-state index contributed by atoms with van der Waals surface area (Å²) < 4.78 is 0. The van der Waals surface area contributed by atoms with E-state index in [2.05, 4.69) is 10.2 Å². The molecule has 0 spiro atoms. The van der Waals surface area contributed by atoms with Crippen LogP contribution >= 0.6 is 0 Å². The Hall–Kier alpha value is -0.0800. The summed E-state index contributed by atoms with van der Waals surface area (Å²) >= 11 is 0. The van der Waals surface area contributed by atoms with Crippen molar-refractivity contribution in [3.8, 4) is 0 Å². The molecule has 0 aromatic heterocycles. The van der Waals surface area contributed by atoms with Gasteiger partial charge in [0.05, 0.1) is 0 Å². The molecule has 2 nitrogen and oxygen atoms in total. The first-order valence-corrected chi connectivity index (χ1v) is 6.38. The molecular weight excluding hydrogens is 172 g/mol. The third kappa shape index (κ3) is 3.25. The molecule has 1 heterocycles. The average molecular weight is 196 g/mol. The van der Waals surface area contributed by atoms with Crippen molar-refractivity contribution in [1.82, 2.24) is 10.2 Å². The van der Waals surface area contributed by atoms with E-state index in [9.17, 15) is 0 Å². The van der Waals surface area contributed by atoms with Crippen molar-refractivity contribution in [3.63, 3.8) is 0 Å². The van der Waals surface area contributed by atoms with Crippen LogP contribution < -0.4 is 5.32 Å². The van der Waals surface area contributed by atoms with Gasteiger partial charge in [-0.05, 0) is 38.4 Å². The fourth-order valence-corrected chi connectivity index (χ4v) is 2.79. The highest BCUT2D eigenvalue weighted by atomic mass is 15.1. The predicted octanol–water partition coefficient (Wildman–Crippen LogP) is 1.86. The first-order chi connectivity index (χ1) is 6.95. The molecule has 0 aromatic carbocycles. The van der Waals surface area contributed by atoms with Gasteiger partial charge in [0.25, 0.3) is 0 Å². The molecule has 0 amide bonds. The molecule has 1 saturated heterocycles. The van der Waals surface area contributed by atoms with Gasteiger partial charge in [-0.1, -0.05) is 25.7 Å². The van der Waals surface area contributed by atoms with Crippen molar-refractivity contribution in [2.24, 2.45) is 5.92 Å². The summed E-state index contributed by atoms with van der Waals surface area (Å²) in [5.41, 5.74) is 0. The van der Waals surface area contributed by atoms with E-state index in [0.29, 0.717) is 0 Å². The van der Waals surface area contributed by atoms with Crippen LogP contribution in [-0.4, -0.2) is 37.6 Å². The second-order valence-corrected chi connectivity index (χ2v) is 4.88. The second kappa shape index (κ2) is 5.72. The summed E-state index contributed by atoms with van der Waals surface area (Å²) in [6.07, 6.45) is 8.79. The molecule has 0 aromatic rings. The second-order valence-electron chi connectivity index (χ2n) is 4.88. The highest BCUT2D eigenvalue weighted by Crippen LogP contribution is 2.27. The van der Waals surface area contributed by atoms with Crippen molar-refractivity contribution < 1.29 is 0 Å². The van der Waals surface area contributed by atoms with Gasteiger partial charge >= 0.3 is 0 Å². The summed E-state index contributed by atoms with van der Waals surface area (Å²) in [6.45, 7) is 6.36. The van der Waals surface area contributed by atoms with Crippen LogP contribution in [0.5, 0.6) is 0 Å². The van der Waals surface area contributed by atoms with Crippen LogP contribution in [0.25, 0.3) is 0 Å². The van der Waals surface area contributed by atoms with Crippen LogP contribution in [0, 0.1) is 5.92 Å². The van der Waals surface area contributed by atoms with E-state index in [1.807, 2.05) is 0 Å². The molecule has 0 atom stereocenters. The lowest BCUT2D eigenvalue weighted by atomic mass is 10.0. The zero-order valence-corrected chi connectivity index (χ0v) is 9.30. The smallest absolute Gasteiger partial charge is 0.0107 e. The number of hydrogen-bond donors (Lipinski definition) is 1. The van der Waals surface area contributed by atoms with Crippen molar-refractivity contribution in [1.29, 1.82) is 0 Å². The number of nitrogens with one attached hydrogen (secondary N) is 1. The van der Waals surface area contributed by atoms with Gasteiger partial charge in [-0.15, -0.1) is 0 Å². The Morgan fingerprint density at radius 3 is 2.71 bits per heavy atom. The Balaban J connectivity index is 1.62. The molecular formula is C12H24N2. The Kier molecular flexibility index (Phi) is 4.26. The summed E-state index contributed by atoms with van der Waals surface area (Å²) in [5, 5.41) is 3.46. The van der Waals surface area contributed by atoms with E-state index >= 15 is 0 Å². The Labute approximate surface area is 88.1 Å². The Morgan fingerprint density at radius 2 is 1.86 bits per heavy atom. The minimum absolute atomic E-state index is 1.06. The van der Waals surface area contributed by atoms with Crippen LogP contribution in [0.4, 0.5) is 0 Å². The minimum atomic E-state index is 1.06. The highest BCUT2D eigenvalue weighted by Gasteiger charge is 2.16. The van der Waals surface area contributed by atoms with E-state index in [4.69, 9.17) is 0 Å². The molecule has 1 aliphatic heterocycles. The first-order valence-electron chi connectivity index (χ1n) is 6.38. The monoisotopic (exact) mass is 196 g/mol. The first kappa shape index (κ1) is 10.4. The van der Waals surface area contributed by atoms with Crippen LogP contribution in [0.15, 0.2) is 0 Å². The van der Waals surface area contributed by atoms with E-state index in [1.165, 1.54) is 71.2 Å². The van der Waals surface area contributed by atoms with Crippen molar-refractivity contribution in [3.05, 3.63) is 0 Å². The lowest BCUT2D eigenvalue weighted by Crippen LogP contribution is -2.29. The van der Waals surface area contributed by atoms with Crippen LogP contribution in [0.2, 0.25) is 0 Å². The van der Waals surface area contributed by atoms with Gasteiger partial charge in [0.15, 0.2) is 0 Å². The van der Waals surface area contributed by atoms with E-state index < -0.39 is 0 Å². The highest BCUT2D eigenvalue weighted by molar-refractivity contribution is 4.71. The molecule has 0 unspecified atom stereocenters. The lowest BCUT2D eigenvalue weighted by Gasteiger charge is -2.21. The molecule has 1 aliphatic carbocycles. The standard InChI is InChI=1S/C12H24N2/c1-2-5-12(4-1)6-10-14-9-3-7-13-8-11-14/h12-13H,1-11H2. The fourth-order valence-electron chi connectivity index (χ4n) is 2.79. The van der Waals surface area contributed by atoms with Crippen LogP contribution in [0.3, 0.4) is 0 Å². The van der Waals surface area contributed by atoms with Gasteiger partial charge in [0.2, 0.25) is 0 Å². The predicted molar refractivity (Wildman–Crippen MR) is 60.5 cm³/mol. The lowest BCUT2D eigenvalue weighted by molar-refractivity contribution is 0.267. The molecule has 2 aliphatic rings. The van der Waals surface area contributed by atoms with Gasteiger partial charge in [-0.25, -0.2) is 0 Å². The Morgan fingerprint density at radius 1 is 1.00 bits per heavy atom. The molecule has 0 bridgehead atoms. The van der Waals surface area contributed by atoms with Crippen molar-refractivity contribution in [2.75, 3.05) is 32.7 Å². The maximum atomic E-state index is 3.46. The molecule has 2 rings (SSSR count). The maximum Gasteiger partial charge on any atom is 0.0107 e. The van der Waals surface area contributed by atoms with Crippen molar-refractivity contribution in [2.45, 2.75) is 38.5 Å². The molecule has 0 radical (unpaired) electrons. The molecule has 14 heavy (non-hydrogen) atoms. The van der Waals surface area contributed by atoms with Gasteiger partial charge in [-0.3, -0.25) is 0 Å².